The van der Waals surface area contributed by atoms with Crippen LogP contribution in [0.25, 0.3) is 0 Å². The molecule has 0 atom stereocenters. The standard InChI is InChI=1S/C17H18Cl2N2O3S/c1-12-14(18)8-5-9-16(12)20-17(22)11-21(25(2,23)24)10-13-6-3-4-7-15(13)19/h3-9H,10-11H2,1-2H3,(H,20,22). The molecule has 1 amide bonds. The van der Waals surface area contributed by atoms with Crippen molar-refractivity contribution < 1.29 is 13.2 Å². The molecule has 5 nitrogen and oxygen atoms in total. The molecule has 0 unspecified atom stereocenters. The van der Waals surface area contributed by atoms with E-state index in [0.717, 1.165) is 16.1 Å². The van der Waals surface area contributed by atoms with Gasteiger partial charge in [0.25, 0.3) is 0 Å². The van der Waals surface area contributed by atoms with Crippen molar-refractivity contribution in [2.45, 2.75) is 13.5 Å². The number of anilines is 1. The lowest BCUT2D eigenvalue weighted by Gasteiger charge is -2.20. The molecule has 0 aliphatic heterocycles. The van der Waals surface area contributed by atoms with Gasteiger partial charge in [-0.25, -0.2) is 8.42 Å². The Morgan fingerprint density at radius 1 is 1.08 bits per heavy atom. The minimum absolute atomic E-state index is 0.0143. The van der Waals surface area contributed by atoms with Gasteiger partial charge in [-0.15, -0.1) is 0 Å². The number of rotatable bonds is 6. The third-order valence-electron chi connectivity index (χ3n) is 3.64. The van der Waals surface area contributed by atoms with Crippen LogP contribution >= 0.6 is 23.2 Å². The largest absolute Gasteiger partial charge is 0.325 e. The number of nitrogens with zero attached hydrogens (tertiary/aromatic N) is 1. The Labute approximate surface area is 157 Å². The van der Waals surface area contributed by atoms with Crippen molar-refractivity contribution in [1.29, 1.82) is 0 Å². The lowest BCUT2D eigenvalue weighted by atomic mass is 10.2. The lowest BCUT2D eigenvalue weighted by molar-refractivity contribution is -0.116. The Kier molecular flexibility index (Phi) is 6.46. The van der Waals surface area contributed by atoms with E-state index in [1.54, 1.807) is 49.4 Å². The topological polar surface area (TPSA) is 66.5 Å². The van der Waals surface area contributed by atoms with Crippen LogP contribution in [-0.4, -0.2) is 31.4 Å². The van der Waals surface area contributed by atoms with Crippen molar-refractivity contribution in [2.24, 2.45) is 0 Å². The number of carbonyl (C=O) groups excluding carboxylic acids is 1. The first-order valence-corrected chi connectivity index (χ1v) is 10.0. The molecule has 0 heterocycles. The summed E-state index contributed by atoms with van der Waals surface area (Å²) in [6.07, 6.45) is 1.06. The van der Waals surface area contributed by atoms with Gasteiger partial charge in [0.05, 0.1) is 12.8 Å². The summed E-state index contributed by atoms with van der Waals surface area (Å²) in [5.74, 6) is -0.456. The van der Waals surface area contributed by atoms with Gasteiger partial charge in [0.15, 0.2) is 0 Å². The van der Waals surface area contributed by atoms with Crippen LogP contribution in [0.15, 0.2) is 42.5 Å². The maximum atomic E-state index is 12.3. The molecule has 0 aromatic heterocycles. The van der Waals surface area contributed by atoms with Crippen molar-refractivity contribution in [3.8, 4) is 0 Å². The van der Waals surface area contributed by atoms with E-state index in [1.165, 1.54) is 0 Å². The fraction of sp³-hybridized carbons (Fsp3) is 0.235. The van der Waals surface area contributed by atoms with E-state index in [0.29, 0.717) is 21.3 Å². The molecule has 0 aliphatic rings. The van der Waals surface area contributed by atoms with Crippen molar-refractivity contribution in [3.63, 3.8) is 0 Å². The van der Waals surface area contributed by atoms with Gasteiger partial charge in [-0.2, -0.15) is 4.31 Å². The average molecular weight is 401 g/mol. The van der Waals surface area contributed by atoms with Crippen LogP contribution in [0.3, 0.4) is 0 Å². The summed E-state index contributed by atoms with van der Waals surface area (Å²) in [5, 5.41) is 3.66. The van der Waals surface area contributed by atoms with Crippen molar-refractivity contribution in [1.82, 2.24) is 4.31 Å². The molecule has 2 rings (SSSR count). The first kappa shape index (κ1) is 19.7. The average Bonchev–Trinajstić information content (AvgIpc) is 2.52. The first-order chi connectivity index (χ1) is 11.7. The number of halogens is 2. The molecule has 0 aliphatic carbocycles. The zero-order valence-corrected chi connectivity index (χ0v) is 16.1. The number of sulfonamides is 1. The lowest BCUT2D eigenvalue weighted by Crippen LogP contribution is -2.37. The van der Waals surface area contributed by atoms with E-state index in [1.807, 2.05) is 0 Å². The van der Waals surface area contributed by atoms with Crippen LogP contribution < -0.4 is 5.32 Å². The Bertz CT molecular complexity index is 885. The molecule has 0 bridgehead atoms. The van der Waals surface area contributed by atoms with E-state index in [2.05, 4.69) is 5.32 Å². The molecule has 134 valence electrons. The van der Waals surface area contributed by atoms with E-state index in [-0.39, 0.29) is 13.1 Å². The smallest absolute Gasteiger partial charge is 0.239 e. The van der Waals surface area contributed by atoms with E-state index >= 15 is 0 Å². The van der Waals surface area contributed by atoms with Gasteiger partial charge in [-0.05, 0) is 36.2 Å². The highest BCUT2D eigenvalue weighted by atomic mass is 35.5. The van der Waals surface area contributed by atoms with E-state index in [9.17, 15) is 13.2 Å². The van der Waals surface area contributed by atoms with Crippen LogP contribution in [0.4, 0.5) is 5.69 Å². The van der Waals surface area contributed by atoms with Crippen LogP contribution in [0.5, 0.6) is 0 Å². The summed E-state index contributed by atoms with van der Waals surface area (Å²) in [6, 6.07) is 12.0. The predicted octanol–water partition coefficient (Wildman–Crippen LogP) is 3.70. The number of hydrogen-bond donors (Lipinski definition) is 1. The second-order valence-corrected chi connectivity index (χ2v) is 8.38. The number of nitrogens with one attached hydrogen (secondary N) is 1. The summed E-state index contributed by atoms with van der Waals surface area (Å²) in [7, 11) is -3.60. The Morgan fingerprint density at radius 2 is 1.72 bits per heavy atom. The summed E-state index contributed by atoms with van der Waals surface area (Å²) in [5.41, 5.74) is 1.89. The summed E-state index contributed by atoms with van der Waals surface area (Å²) < 4.78 is 25.1. The molecule has 0 saturated carbocycles. The number of hydrogen-bond acceptors (Lipinski definition) is 3. The van der Waals surface area contributed by atoms with Crippen LogP contribution in [-0.2, 0) is 21.4 Å². The minimum atomic E-state index is -3.60. The van der Waals surface area contributed by atoms with Gasteiger partial charge in [0.1, 0.15) is 0 Å². The highest BCUT2D eigenvalue weighted by Crippen LogP contribution is 2.23. The highest BCUT2D eigenvalue weighted by Gasteiger charge is 2.22. The molecule has 8 heteroatoms. The molecule has 0 spiro atoms. The summed E-state index contributed by atoms with van der Waals surface area (Å²) in [4.78, 5) is 12.3. The van der Waals surface area contributed by atoms with Crippen LogP contribution in [0.2, 0.25) is 10.0 Å². The maximum Gasteiger partial charge on any atom is 0.239 e. The minimum Gasteiger partial charge on any atom is -0.325 e. The second-order valence-electron chi connectivity index (χ2n) is 5.58. The zero-order valence-electron chi connectivity index (χ0n) is 13.8. The normalized spacial score (nSPS) is 11.6. The van der Waals surface area contributed by atoms with Crippen LogP contribution in [0.1, 0.15) is 11.1 Å². The first-order valence-electron chi connectivity index (χ1n) is 7.42. The Balaban J connectivity index is 2.16. The SMILES string of the molecule is Cc1c(Cl)cccc1NC(=O)CN(Cc1ccccc1Cl)S(C)(=O)=O. The van der Waals surface area contributed by atoms with Crippen molar-refractivity contribution in [2.75, 3.05) is 18.1 Å². The molecule has 0 saturated heterocycles. The summed E-state index contributed by atoms with van der Waals surface area (Å²) >= 11 is 12.1. The van der Waals surface area contributed by atoms with Crippen LogP contribution in [0, 0.1) is 6.92 Å². The van der Waals surface area contributed by atoms with Gasteiger partial charge in [-0.3, -0.25) is 4.79 Å². The fourth-order valence-corrected chi connectivity index (χ4v) is 3.30. The molecule has 2 aromatic carbocycles. The zero-order chi connectivity index (χ0) is 18.6. The number of amides is 1. The van der Waals surface area contributed by atoms with E-state index < -0.39 is 15.9 Å². The molecule has 0 radical (unpaired) electrons. The monoisotopic (exact) mass is 400 g/mol. The van der Waals surface area contributed by atoms with Gasteiger partial charge in [0.2, 0.25) is 15.9 Å². The molecule has 25 heavy (non-hydrogen) atoms. The molecule has 1 N–H and O–H groups in total. The molecular formula is C17H18Cl2N2O3S. The number of benzene rings is 2. The third-order valence-corrected chi connectivity index (χ3v) is 5.61. The maximum absolute atomic E-state index is 12.3. The molecule has 0 fully saturated rings. The second kappa shape index (κ2) is 8.19. The Hall–Kier alpha value is -1.60. The molecular weight excluding hydrogens is 383 g/mol. The van der Waals surface area contributed by atoms with Crippen molar-refractivity contribution >= 4 is 44.8 Å². The van der Waals surface area contributed by atoms with Gasteiger partial charge < -0.3 is 5.32 Å². The van der Waals surface area contributed by atoms with Gasteiger partial charge >= 0.3 is 0 Å². The predicted molar refractivity (Wildman–Crippen MR) is 102 cm³/mol. The Morgan fingerprint density at radius 3 is 2.36 bits per heavy atom. The van der Waals surface area contributed by atoms with E-state index in [4.69, 9.17) is 23.2 Å². The fourth-order valence-electron chi connectivity index (χ4n) is 2.20. The third kappa shape index (κ3) is 5.44. The number of carbonyl (C=O) groups is 1. The molecule has 2 aromatic rings. The van der Waals surface area contributed by atoms with Gasteiger partial charge in [-0.1, -0.05) is 47.5 Å². The quantitative estimate of drug-likeness (QED) is 0.803. The van der Waals surface area contributed by atoms with Gasteiger partial charge in [0, 0.05) is 22.3 Å². The van der Waals surface area contributed by atoms with Crippen molar-refractivity contribution in [3.05, 3.63) is 63.6 Å². The highest BCUT2D eigenvalue weighted by molar-refractivity contribution is 7.88. The summed E-state index contributed by atoms with van der Waals surface area (Å²) in [6.45, 7) is 1.46.